The molecule has 6 nitrogen and oxygen atoms in total. The van der Waals surface area contributed by atoms with Gasteiger partial charge in [-0.3, -0.25) is 0 Å². The number of hydrogen-bond acceptors (Lipinski definition) is 6. The Labute approximate surface area is 117 Å². The predicted molar refractivity (Wildman–Crippen MR) is 65.6 cm³/mol. The highest BCUT2D eigenvalue weighted by Gasteiger charge is 2.35. The van der Waals surface area contributed by atoms with Crippen molar-refractivity contribution < 1.29 is 32.2 Å². The zero-order valence-electron chi connectivity index (χ0n) is 11.2. The third-order valence-electron chi connectivity index (χ3n) is 2.34. The van der Waals surface area contributed by atoms with Crippen molar-refractivity contribution in [2.45, 2.75) is 13.1 Å². The highest BCUT2D eigenvalue weighted by molar-refractivity contribution is 5.71. The van der Waals surface area contributed by atoms with E-state index in [4.69, 9.17) is 4.74 Å². The Bertz CT molecular complexity index is 530. The zero-order chi connectivity index (χ0) is 16.0. The van der Waals surface area contributed by atoms with Crippen LogP contribution in [0.5, 0.6) is 11.5 Å². The second-order valence-electron chi connectivity index (χ2n) is 3.70. The first-order valence-corrected chi connectivity index (χ1v) is 5.74. The Kier molecular flexibility index (Phi) is 5.51. The molecule has 0 saturated heterocycles. The molecule has 21 heavy (non-hydrogen) atoms. The molecule has 0 heterocycles. The van der Waals surface area contributed by atoms with Crippen LogP contribution in [0, 0.1) is 4.91 Å². The average Bonchev–Trinajstić information content (AvgIpc) is 2.43. The van der Waals surface area contributed by atoms with Gasteiger partial charge in [0.05, 0.1) is 19.3 Å². The molecule has 1 rings (SSSR count). The number of hydrogen-bond donors (Lipinski definition) is 0. The third kappa shape index (κ3) is 4.33. The van der Waals surface area contributed by atoms with Crippen LogP contribution in [0.3, 0.4) is 0 Å². The lowest BCUT2D eigenvalue weighted by atomic mass is 10.1. The molecule has 0 spiro atoms. The van der Waals surface area contributed by atoms with Crippen molar-refractivity contribution >= 4 is 11.7 Å². The summed E-state index contributed by atoms with van der Waals surface area (Å²) < 4.78 is 52.4. The number of nitrogens with zero attached hydrogens (tertiary/aromatic N) is 1. The van der Waals surface area contributed by atoms with Gasteiger partial charge in [0.1, 0.15) is 5.75 Å². The maximum atomic E-state index is 12.8. The molecule has 9 heteroatoms. The third-order valence-corrected chi connectivity index (χ3v) is 2.34. The van der Waals surface area contributed by atoms with E-state index in [-0.39, 0.29) is 12.4 Å². The molecule has 0 fully saturated rings. The highest BCUT2D eigenvalue weighted by Crippen LogP contribution is 2.42. The SMILES string of the molecule is CCOC(=O)COc1cc(OC)c(C(F)(F)F)cc1N=O. The first kappa shape index (κ1) is 16.7. The van der Waals surface area contributed by atoms with E-state index in [9.17, 15) is 22.9 Å². The second kappa shape index (κ2) is 6.91. The molecule has 0 aliphatic heterocycles. The van der Waals surface area contributed by atoms with Gasteiger partial charge in [-0.1, -0.05) is 0 Å². The Morgan fingerprint density at radius 3 is 2.43 bits per heavy atom. The van der Waals surface area contributed by atoms with Crippen LogP contribution in [0.2, 0.25) is 0 Å². The number of benzene rings is 1. The molecule has 0 aromatic heterocycles. The van der Waals surface area contributed by atoms with E-state index in [1.54, 1.807) is 6.92 Å². The van der Waals surface area contributed by atoms with Gasteiger partial charge in [-0.15, -0.1) is 4.91 Å². The Hall–Kier alpha value is -2.32. The molecule has 0 aliphatic carbocycles. The standard InChI is InChI=1S/C12H12F3NO5/c1-3-20-11(17)6-21-10-5-9(19-2)7(12(13,14)15)4-8(10)16-18/h4-5H,3,6H2,1-2H3. The van der Waals surface area contributed by atoms with Crippen LogP contribution < -0.4 is 9.47 Å². The molecule has 0 radical (unpaired) electrons. The molecule has 0 N–H and O–H groups in total. The van der Waals surface area contributed by atoms with E-state index in [2.05, 4.69) is 14.7 Å². The van der Waals surface area contributed by atoms with E-state index in [0.717, 1.165) is 13.2 Å². The van der Waals surface area contributed by atoms with Gasteiger partial charge in [0.2, 0.25) is 0 Å². The molecule has 0 unspecified atom stereocenters. The fourth-order valence-electron chi connectivity index (χ4n) is 1.47. The summed E-state index contributed by atoms with van der Waals surface area (Å²) in [5.41, 5.74) is -1.75. The lowest BCUT2D eigenvalue weighted by Crippen LogP contribution is -2.15. The Morgan fingerprint density at radius 1 is 1.29 bits per heavy atom. The lowest BCUT2D eigenvalue weighted by Gasteiger charge is -2.14. The molecule has 1 aromatic rings. The van der Waals surface area contributed by atoms with Gasteiger partial charge in [-0.05, 0) is 18.2 Å². The smallest absolute Gasteiger partial charge is 0.420 e. The van der Waals surface area contributed by atoms with Gasteiger partial charge in [0.25, 0.3) is 0 Å². The molecule has 116 valence electrons. The molecule has 1 aromatic carbocycles. The number of rotatable bonds is 6. The molecular formula is C12H12F3NO5. The molecule has 0 amide bonds. The van der Waals surface area contributed by atoms with Crippen molar-refractivity contribution in [3.8, 4) is 11.5 Å². The van der Waals surface area contributed by atoms with Crippen molar-refractivity contribution in [1.29, 1.82) is 0 Å². The normalized spacial score (nSPS) is 10.9. The van der Waals surface area contributed by atoms with Gasteiger partial charge >= 0.3 is 12.1 Å². The first-order chi connectivity index (χ1) is 9.83. The molecule has 0 aliphatic rings. The van der Waals surface area contributed by atoms with E-state index < -0.39 is 35.8 Å². The summed E-state index contributed by atoms with van der Waals surface area (Å²) in [6.45, 7) is 1.14. The summed E-state index contributed by atoms with van der Waals surface area (Å²) in [7, 11) is 1.04. The molecule has 0 bridgehead atoms. The van der Waals surface area contributed by atoms with Crippen LogP contribution in [0.4, 0.5) is 18.9 Å². The number of esters is 1. The van der Waals surface area contributed by atoms with Gasteiger partial charge in [0, 0.05) is 6.07 Å². The van der Waals surface area contributed by atoms with Crippen LogP contribution in [0.1, 0.15) is 12.5 Å². The zero-order valence-corrected chi connectivity index (χ0v) is 11.2. The van der Waals surface area contributed by atoms with Crippen LogP contribution in [0.15, 0.2) is 17.3 Å². The lowest BCUT2D eigenvalue weighted by molar-refractivity contribution is -0.145. The number of carbonyl (C=O) groups excluding carboxylic acids is 1. The van der Waals surface area contributed by atoms with Crippen molar-refractivity contribution in [3.63, 3.8) is 0 Å². The highest BCUT2D eigenvalue weighted by atomic mass is 19.4. The first-order valence-electron chi connectivity index (χ1n) is 5.74. The quantitative estimate of drug-likeness (QED) is 0.596. The van der Waals surface area contributed by atoms with E-state index in [1.165, 1.54) is 0 Å². The van der Waals surface area contributed by atoms with Crippen LogP contribution in [-0.4, -0.2) is 26.3 Å². The van der Waals surface area contributed by atoms with Gasteiger partial charge in [-0.25, -0.2) is 4.79 Å². The average molecular weight is 307 g/mol. The number of ether oxygens (including phenoxy) is 3. The summed E-state index contributed by atoms with van der Waals surface area (Å²) >= 11 is 0. The minimum Gasteiger partial charge on any atom is -0.496 e. The monoisotopic (exact) mass is 307 g/mol. The number of carbonyl (C=O) groups is 1. The van der Waals surface area contributed by atoms with Crippen molar-refractivity contribution in [1.82, 2.24) is 0 Å². The molecule has 0 saturated carbocycles. The topological polar surface area (TPSA) is 74.2 Å². The van der Waals surface area contributed by atoms with Crippen molar-refractivity contribution in [3.05, 3.63) is 22.6 Å². The number of alkyl halides is 3. The summed E-state index contributed by atoms with van der Waals surface area (Å²) in [6.07, 6.45) is -4.72. The van der Waals surface area contributed by atoms with E-state index in [1.807, 2.05) is 0 Å². The summed E-state index contributed by atoms with van der Waals surface area (Å²) in [4.78, 5) is 21.8. The van der Waals surface area contributed by atoms with Crippen LogP contribution in [-0.2, 0) is 15.7 Å². The van der Waals surface area contributed by atoms with Crippen molar-refractivity contribution in [2.24, 2.45) is 5.18 Å². The summed E-state index contributed by atoms with van der Waals surface area (Å²) in [5.74, 6) is -1.58. The Morgan fingerprint density at radius 2 is 1.95 bits per heavy atom. The summed E-state index contributed by atoms with van der Waals surface area (Å²) in [6, 6.07) is 1.34. The van der Waals surface area contributed by atoms with Crippen LogP contribution >= 0.6 is 0 Å². The molecular weight excluding hydrogens is 295 g/mol. The number of methoxy groups -OCH3 is 1. The van der Waals surface area contributed by atoms with E-state index >= 15 is 0 Å². The van der Waals surface area contributed by atoms with E-state index in [0.29, 0.717) is 6.07 Å². The number of halogens is 3. The maximum Gasteiger partial charge on any atom is 0.420 e. The maximum absolute atomic E-state index is 12.8. The molecule has 0 atom stereocenters. The predicted octanol–water partition coefficient (Wildman–Crippen LogP) is 3.05. The second-order valence-corrected chi connectivity index (χ2v) is 3.70. The Balaban J connectivity index is 3.10. The largest absolute Gasteiger partial charge is 0.496 e. The van der Waals surface area contributed by atoms with Gasteiger partial charge in [0.15, 0.2) is 18.0 Å². The van der Waals surface area contributed by atoms with Gasteiger partial charge in [-0.2, -0.15) is 13.2 Å². The van der Waals surface area contributed by atoms with Crippen LogP contribution in [0.25, 0.3) is 0 Å². The minimum atomic E-state index is -4.72. The minimum absolute atomic E-state index is 0.122. The van der Waals surface area contributed by atoms with Gasteiger partial charge < -0.3 is 14.2 Å². The fraction of sp³-hybridized carbons (Fsp3) is 0.417. The van der Waals surface area contributed by atoms with Crippen molar-refractivity contribution in [2.75, 3.05) is 20.3 Å². The fourth-order valence-corrected chi connectivity index (χ4v) is 1.47. The summed E-state index contributed by atoms with van der Waals surface area (Å²) in [5, 5.41) is 2.46. The number of nitroso groups, excluding NO2 is 1.